The first-order chi connectivity index (χ1) is 40.7. The van der Waals surface area contributed by atoms with Crippen molar-refractivity contribution in [2.75, 3.05) is 19.8 Å². The molecule has 0 spiro atoms. The third-order valence-corrected chi connectivity index (χ3v) is 13.9. The molecule has 6 aromatic heterocycles. The second-order valence-corrected chi connectivity index (χ2v) is 20.3. The summed E-state index contributed by atoms with van der Waals surface area (Å²) in [5.74, 6) is 2.34. The van der Waals surface area contributed by atoms with Gasteiger partial charge in [-0.15, -0.1) is 0 Å². The van der Waals surface area contributed by atoms with Gasteiger partial charge in [-0.3, -0.25) is 34.7 Å². The van der Waals surface area contributed by atoms with E-state index in [0.717, 1.165) is 113 Å². The molecule has 6 heterocycles. The van der Waals surface area contributed by atoms with Gasteiger partial charge in [-0.1, -0.05) is 126 Å². The van der Waals surface area contributed by atoms with Gasteiger partial charge in [0.1, 0.15) is 30.5 Å². The Morgan fingerprint density at radius 1 is 0.446 bits per heavy atom. The lowest BCUT2D eigenvalue weighted by Crippen LogP contribution is -2.21. The van der Waals surface area contributed by atoms with Gasteiger partial charge in [0.15, 0.2) is 5.78 Å². The Labute approximate surface area is 484 Å². The summed E-state index contributed by atoms with van der Waals surface area (Å²) in [5, 5.41) is 13.8. The predicted octanol–water partition coefficient (Wildman–Crippen LogP) is 15.0. The molecule has 0 aliphatic carbocycles. The number of fused-ring (bicyclic) bond motifs is 3. The van der Waals surface area contributed by atoms with Crippen LogP contribution < -0.4 is 14.2 Å². The molecule has 412 valence electrons. The number of Topliss-reactive ketones (excluding diaryl/α,β-unsaturated/α-hetero) is 1. The number of hydrogen-bond donors (Lipinski definition) is 1. The maximum absolute atomic E-state index is 12.6. The van der Waals surface area contributed by atoms with Crippen molar-refractivity contribution in [3.05, 3.63) is 271 Å². The lowest BCUT2D eigenvalue weighted by atomic mass is 10.00. The highest BCUT2D eigenvalue weighted by Gasteiger charge is 2.17. The molecule has 12 rings (SSSR count). The van der Waals surface area contributed by atoms with Gasteiger partial charge in [0, 0.05) is 98.8 Å². The number of benzene rings is 6. The van der Waals surface area contributed by atoms with Crippen LogP contribution in [0.2, 0.25) is 0 Å². The Hall–Kier alpha value is -9.97. The zero-order valence-corrected chi connectivity index (χ0v) is 46.8. The molecule has 0 aliphatic rings. The number of carbonyl (C=O) groups excluding carboxylic acids is 1. The number of carbonyl (C=O) groups is 1. The Morgan fingerprint density at radius 2 is 0.843 bits per heavy atom. The number of aryl methyl sites for hydroxylation is 4. The van der Waals surface area contributed by atoms with Gasteiger partial charge in [0.05, 0.1) is 47.1 Å². The smallest absolute Gasteiger partial charge is 0.176 e. The summed E-state index contributed by atoms with van der Waals surface area (Å²) in [4.78, 5) is 39.8. The number of ether oxygens (including phenoxy) is 3. The van der Waals surface area contributed by atoms with Crippen LogP contribution in [0.3, 0.4) is 0 Å². The standard InChI is InChI=1S/C24H22N2O2.C24H20N2O2.C24H22N2O/c2*1-17-8-10-21(11-9-17)28-16-20(27)14-24-22(19-6-4-12-25-15-19)13-18-5-2-3-7-23(18)26-24;1-18-10-12-21(13-11-18)27-15-5-9-24-22(20-7-4-14-25-17-20)16-19-6-2-3-8-23(19)26-24/h2-13,15,20,27H,14,16H2,1H3;2-13,15H,14,16H2,1H3;2-4,6-8,10-14,16-17H,5,9,15H2,1H3. The number of para-hydroxylation sites is 3. The van der Waals surface area contributed by atoms with Crippen molar-refractivity contribution in [3.63, 3.8) is 0 Å². The number of ketones is 1. The number of hydrogen-bond acceptors (Lipinski definition) is 11. The monoisotopic (exact) mass is 1090 g/mol. The first kappa shape index (κ1) is 56.3. The molecule has 0 bridgehead atoms. The van der Waals surface area contributed by atoms with E-state index >= 15 is 0 Å². The lowest BCUT2D eigenvalue weighted by molar-refractivity contribution is -0.120. The summed E-state index contributed by atoms with van der Waals surface area (Å²) in [5.41, 5.74) is 15.2. The van der Waals surface area contributed by atoms with Crippen molar-refractivity contribution in [1.29, 1.82) is 0 Å². The van der Waals surface area contributed by atoms with E-state index in [2.05, 4.69) is 70.4 Å². The Kier molecular flexibility index (Phi) is 19.0. The van der Waals surface area contributed by atoms with Crippen LogP contribution >= 0.6 is 0 Å². The van der Waals surface area contributed by atoms with Gasteiger partial charge < -0.3 is 19.3 Å². The second-order valence-electron chi connectivity index (χ2n) is 20.3. The van der Waals surface area contributed by atoms with Crippen LogP contribution in [0.1, 0.15) is 40.2 Å². The molecule has 0 amide bonds. The quantitative estimate of drug-likeness (QED) is 0.0821. The first-order valence-corrected chi connectivity index (χ1v) is 27.8. The zero-order valence-electron chi connectivity index (χ0n) is 46.8. The average Bonchev–Trinajstić information content (AvgIpc) is 3.65. The normalized spacial score (nSPS) is 11.2. The van der Waals surface area contributed by atoms with Crippen LogP contribution in [0, 0.1) is 20.8 Å². The topological polar surface area (TPSA) is 142 Å². The molecule has 6 aromatic carbocycles. The van der Waals surface area contributed by atoms with Crippen molar-refractivity contribution in [2.24, 2.45) is 0 Å². The molecule has 11 nitrogen and oxygen atoms in total. The maximum atomic E-state index is 12.6. The van der Waals surface area contributed by atoms with Crippen molar-refractivity contribution >= 4 is 38.5 Å². The first-order valence-electron chi connectivity index (χ1n) is 27.8. The number of rotatable bonds is 18. The van der Waals surface area contributed by atoms with Gasteiger partial charge in [-0.2, -0.15) is 0 Å². The van der Waals surface area contributed by atoms with Gasteiger partial charge in [-0.25, -0.2) is 0 Å². The van der Waals surface area contributed by atoms with Crippen molar-refractivity contribution < 1.29 is 24.1 Å². The van der Waals surface area contributed by atoms with Gasteiger partial charge in [0.2, 0.25) is 0 Å². The summed E-state index contributed by atoms with van der Waals surface area (Å²) in [6, 6.07) is 66.1. The lowest BCUT2D eigenvalue weighted by Gasteiger charge is -2.15. The van der Waals surface area contributed by atoms with Crippen LogP contribution in [0.15, 0.2) is 237 Å². The van der Waals surface area contributed by atoms with Crippen LogP contribution in [-0.2, 0) is 24.1 Å². The minimum atomic E-state index is -0.662. The third-order valence-electron chi connectivity index (χ3n) is 13.9. The Morgan fingerprint density at radius 3 is 1.30 bits per heavy atom. The highest BCUT2D eigenvalue weighted by molar-refractivity contribution is 5.89. The van der Waals surface area contributed by atoms with Gasteiger partial charge in [0.25, 0.3) is 0 Å². The summed E-state index contributed by atoms with van der Waals surface area (Å²) >= 11 is 0. The number of pyridine rings is 6. The zero-order chi connectivity index (χ0) is 57.2. The van der Waals surface area contributed by atoms with E-state index in [1.807, 2.05) is 178 Å². The fourth-order valence-electron chi connectivity index (χ4n) is 9.47. The van der Waals surface area contributed by atoms with Crippen LogP contribution in [0.5, 0.6) is 17.2 Å². The molecule has 0 radical (unpaired) electrons. The molecule has 11 heteroatoms. The molecular formula is C72H64N6O5. The molecule has 12 aromatic rings. The van der Waals surface area contributed by atoms with E-state index in [0.29, 0.717) is 18.8 Å². The Balaban J connectivity index is 0.000000139. The largest absolute Gasteiger partial charge is 0.494 e. The van der Waals surface area contributed by atoms with E-state index in [-0.39, 0.29) is 25.4 Å². The fraction of sp³-hybridized carbons (Fsp3) is 0.153. The van der Waals surface area contributed by atoms with Gasteiger partial charge >= 0.3 is 0 Å². The van der Waals surface area contributed by atoms with E-state index in [1.165, 1.54) is 11.1 Å². The van der Waals surface area contributed by atoms with E-state index in [4.69, 9.17) is 29.2 Å². The predicted molar refractivity (Wildman–Crippen MR) is 332 cm³/mol. The summed E-state index contributed by atoms with van der Waals surface area (Å²) in [7, 11) is 0. The summed E-state index contributed by atoms with van der Waals surface area (Å²) in [6.45, 7) is 7.03. The number of aromatic nitrogens is 6. The molecule has 83 heavy (non-hydrogen) atoms. The fourth-order valence-corrected chi connectivity index (χ4v) is 9.47. The second kappa shape index (κ2) is 27.9. The number of aliphatic hydroxyl groups is 1. The van der Waals surface area contributed by atoms with Crippen LogP contribution in [-0.4, -0.2) is 66.7 Å². The molecular weight excluding hydrogens is 1030 g/mol. The maximum Gasteiger partial charge on any atom is 0.176 e. The molecule has 0 saturated heterocycles. The molecule has 1 N–H and O–H groups in total. The van der Waals surface area contributed by atoms with E-state index in [1.54, 1.807) is 24.8 Å². The molecule has 0 aliphatic heterocycles. The van der Waals surface area contributed by atoms with Crippen molar-refractivity contribution in [2.45, 2.75) is 52.6 Å². The minimum absolute atomic E-state index is 0.0179. The SMILES string of the molecule is Cc1ccc(OCC(=O)Cc2nc3ccccc3cc2-c2cccnc2)cc1.Cc1ccc(OCC(O)Cc2nc3ccccc3cc2-c2cccnc2)cc1.Cc1ccc(OCCCc2nc3ccccc3cc2-c2cccnc2)cc1. The Bertz CT molecular complexity index is 4040. The molecule has 0 fully saturated rings. The molecule has 0 saturated carbocycles. The van der Waals surface area contributed by atoms with Crippen LogP contribution in [0.4, 0.5) is 0 Å². The number of nitrogens with zero attached hydrogens (tertiary/aromatic N) is 6. The minimum Gasteiger partial charge on any atom is -0.494 e. The highest BCUT2D eigenvalue weighted by atomic mass is 16.5. The van der Waals surface area contributed by atoms with E-state index < -0.39 is 6.10 Å². The highest BCUT2D eigenvalue weighted by Crippen LogP contribution is 2.30. The average molecular weight is 1090 g/mol. The van der Waals surface area contributed by atoms with Crippen molar-refractivity contribution in [3.8, 4) is 50.6 Å². The summed E-state index contributed by atoms with van der Waals surface area (Å²) in [6.07, 6.45) is 12.5. The van der Waals surface area contributed by atoms with E-state index in [9.17, 15) is 9.90 Å². The number of aliphatic hydroxyl groups excluding tert-OH is 1. The molecule has 1 atom stereocenters. The van der Waals surface area contributed by atoms with Crippen molar-refractivity contribution in [1.82, 2.24) is 29.9 Å². The third kappa shape index (κ3) is 15.7. The molecule has 1 unspecified atom stereocenters. The summed E-state index contributed by atoms with van der Waals surface area (Å²) < 4.78 is 17.3. The van der Waals surface area contributed by atoms with Gasteiger partial charge in [-0.05, 0) is 125 Å². The van der Waals surface area contributed by atoms with Crippen LogP contribution in [0.25, 0.3) is 66.1 Å².